The van der Waals surface area contributed by atoms with Crippen LogP contribution < -0.4 is 0 Å². The van der Waals surface area contributed by atoms with Crippen LogP contribution in [0.15, 0.2) is 24.3 Å². The third-order valence-corrected chi connectivity index (χ3v) is 3.99. The number of aromatic amines is 1. The van der Waals surface area contributed by atoms with Gasteiger partial charge in [-0.25, -0.2) is 0 Å². The van der Waals surface area contributed by atoms with Crippen LogP contribution in [0.3, 0.4) is 0 Å². The van der Waals surface area contributed by atoms with Gasteiger partial charge in [-0.05, 0) is 31.4 Å². The predicted octanol–water partition coefficient (Wildman–Crippen LogP) is 2.30. The summed E-state index contributed by atoms with van der Waals surface area (Å²) >= 11 is 0. The zero-order valence-corrected chi connectivity index (χ0v) is 10.8. The predicted molar refractivity (Wildman–Crippen MR) is 73.6 cm³/mol. The van der Waals surface area contributed by atoms with Crippen LogP contribution in [0.25, 0.3) is 10.9 Å². The van der Waals surface area contributed by atoms with Crippen molar-refractivity contribution in [1.82, 2.24) is 9.88 Å². The van der Waals surface area contributed by atoms with Crippen molar-refractivity contribution < 1.29 is 5.11 Å². The van der Waals surface area contributed by atoms with Crippen LogP contribution in [0, 0.1) is 0 Å². The summed E-state index contributed by atoms with van der Waals surface area (Å²) in [5.74, 6) is 0. The lowest BCUT2D eigenvalue weighted by molar-refractivity contribution is 0.162. The highest BCUT2D eigenvalue weighted by atomic mass is 16.3. The molecule has 1 aliphatic rings. The average Bonchev–Trinajstić information content (AvgIpc) is 2.74. The molecule has 3 rings (SSSR count). The first-order chi connectivity index (χ1) is 8.79. The lowest BCUT2D eigenvalue weighted by Crippen LogP contribution is -2.39. The Labute approximate surface area is 107 Å². The number of benzene rings is 1. The minimum atomic E-state index is 0.281. The molecule has 0 spiro atoms. The topological polar surface area (TPSA) is 39.3 Å². The fraction of sp³-hybridized carbons (Fsp3) is 0.467. The molecule has 1 aromatic heterocycles. The molecule has 0 aliphatic carbocycles. The highest BCUT2D eigenvalue weighted by Gasteiger charge is 2.25. The first kappa shape index (κ1) is 11.8. The third kappa shape index (κ3) is 1.93. The minimum Gasteiger partial charge on any atom is -0.396 e. The molecule has 0 radical (unpaired) electrons. The van der Waals surface area contributed by atoms with E-state index in [4.69, 9.17) is 5.11 Å². The lowest BCUT2D eigenvalue weighted by atomic mass is 9.97. The number of nitrogens with zero attached hydrogens (tertiary/aromatic N) is 1. The van der Waals surface area contributed by atoms with Crippen LogP contribution in [0.5, 0.6) is 0 Å². The number of aliphatic hydroxyl groups excluding tert-OH is 1. The molecular formula is C15H20N2O. The molecule has 1 aliphatic heterocycles. The van der Waals surface area contributed by atoms with Gasteiger partial charge in [0, 0.05) is 42.3 Å². The smallest absolute Gasteiger partial charge is 0.0459 e. The van der Waals surface area contributed by atoms with Crippen LogP contribution in [-0.2, 0) is 13.0 Å². The molecule has 0 bridgehead atoms. The Balaban J connectivity index is 1.92. The molecule has 3 nitrogen and oxygen atoms in total. The monoisotopic (exact) mass is 244 g/mol. The summed E-state index contributed by atoms with van der Waals surface area (Å²) in [5, 5.41) is 10.3. The molecule has 1 aromatic carbocycles. The second kappa shape index (κ2) is 4.75. The van der Waals surface area contributed by atoms with E-state index in [1.54, 1.807) is 0 Å². The van der Waals surface area contributed by atoms with Gasteiger partial charge in [-0.2, -0.15) is 0 Å². The average molecular weight is 244 g/mol. The first-order valence-corrected chi connectivity index (χ1v) is 6.73. The zero-order chi connectivity index (χ0) is 12.5. The van der Waals surface area contributed by atoms with Crippen molar-refractivity contribution in [2.24, 2.45) is 0 Å². The van der Waals surface area contributed by atoms with E-state index in [9.17, 15) is 0 Å². The van der Waals surface area contributed by atoms with Crippen LogP contribution >= 0.6 is 0 Å². The van der Waals surface area contributed by atoms with Crippen molar-refractivity contribution in [3.05, 3.63) is 35.5 Å². The Morgan fingerprint density at radius 1 is 1.39 bits per heavy atom. The highest BCUT2D eigenvalue weighted by molar-refractivity contribution is 5.84. The van der Waals surface area contributed by atoms with Gasteiger partial charge < -0.3 is 10.1 Å². The summed E-state index contributed by atoms with van der Waals surface area (Å²) in [6.07, 6.45) is 1.96. The van der Waals surface area contributed by atoms with Crippen molar-refractivity contribution in [2.75, 3.05) is 13.2 Å². The van der Waals surface area contributed by atoms with Crippen molar-refractivity contribution in [3.63, 3.8) is 0 Å². The van der Waals surface area contributed by atoms with Gasteiger partial charge in [0.15, 0.2) is 0 Å². The van der Waals surface area contributed by atoms with E-state index in [2.05, 4.69) is 41.1 Å². The lowest BCUT2D eigenvalue weighted by Gasteiger charge is -2.33. The number of aromatic nitrogens is 1. The van der Waals surface area contributed by atoms with E-state index in [1.165, 1.54) is 22.2 Å². The van der Waals surface area contributed by atoms with Crippen molar-refractivity contribution >= 4 is 10.9 Å². The van der Waals surface area contributed by atoms with Crippen molar-refractivity contribution in [1.29, 1.82) is 0 Å². The summed E-state index contributed by atoms with van der Waals surface area (Å²) in [4.78, 5) is 5.99. The summed E-state index contributed by atoms with van der Waals surface area (Å²) in [6, 6.07) is 9.11. The molecule has 2 heterocycles. The van der Waals surface area contributed by atoms with Gasteiger partial charge in [0.1, 0.15) is 0 Å². The van der Waals surface area contributed by atoms with E-state index < -0.39 is 0 Å². The molecule has 0 fully saturated rings. The van der Waals surface area contributed by atoms with Crippen LogP contribution in [0.1, 0.15) is 24.6 Å². The van der Waals surface area contributed by atoms with Crippen molar-refractivity contribution in [3.8, 4) is 0 Å². The molecule has 1 atom stereocenters. The second-order valence-electron chi connectivity index (χ2n) is 5.23. The minimum absolute atomic E-state index is 0.281. The van der Waals surface area contributed by atoms with E-state index in [1.807, 2.05) is 0 Å². The van der Waals surface area contributed by atoms with Crippen LogP contribution in [0.4, 0.5) is 0 Å². The highest BCUT2D eigenvalue weighted by Crippen LogP contribution is 2.29. The van der Waals surface area contributed by atoms with Gasteiger partial charge in [0.2, 0.25) is 0 Å². The third-order valence-electron chi connectivity index (χ3n) is 3.99. The second-order valence-corrected chi connectivity index (χ2v) is 5.23. The molecule has 0 saturated heterocycles. The summed E-state index contributed by atoms with van der Waals surface area (Å²) in [5.41, 5.74) is 4.09. The number of fused-ring (bicyclic) bond motifs is 3. The maximum Gasteiger partial charge on any atom is 0.0459 e. The SMILES string of the molecule is CC1Cc2c([nH]c3ccccc23)CN1CCCO. The molecule has 96 valence electrons. The normalized spacial score (nSPS) is 20.2. The number of para-hydroxylation sites is 1. The molecule has 18 heavy (non-hydrogen) atoms. The van der Waals surface area contributed by atoms with Gasteiger partial charge in [-0.1, -0.05) is 18.2 Å². The van der Waals surface area contributed by atoms with Crippen molar-refractivity contribution in [2.45, 2.75) is 32.4 Å². The molecular weight excluding hydrogens is 224 g/mol. The number of hydrogen-bond acceptors (Lipinski definition) is 2. The Morgan fingerprint density at radius 2 is 2.22 bits per heavy atom. The van der Waals surface area contributed by atoms with E-state index >= 15 is 0 Å². The van der Waals surface area contributed by atoms with Gasteiger partial charge >= 0.3 is 0 Å². The zero-order valence-electron chi connectivity index (χ0n) is 10.8. The summed E-state index contributed by atoms with van der Waals surface area (Å²) < 4.78 is 0. The maximum atomic E-state index is 8.96. The van der Waals surface area contributed by atoms with Gasteiger partial charge in [0.05, 0.1) is 0 Å². The van der Waals surface area contributed by atoms with E-state index in [0.717, 1.165) is 25.9 Å². The largest absolute Gasteiger partial charge is 0.396 e. The number of aliphatic hydroxyl groups is 1. The fourth-order valence-corrected chi connectivity index (χ4v) is 2.98. The Kier molecular flexibility index (Phi) is 3.10. The Hall–Kier alpha value is -1.32. The molecule has 2 N–H and O–H groups in total. The first-order valence-electron chi connectivity index (χ1n) is 6.73. The van der Waals surface area contributed by atoms with Gasteiger partial charge in [0.25, 0.3) is 0 Å². The molecule has 3 heteroatoms. The standard InChI is InChI=1S/C15H20N2O/c1-11-9-13-12-5-2-3-6-14(12)16-15(13)10-17(11)7-4-8-18/h2-3,5-6,11,16,18H,4,7-10H2,1H3. The van der Waals surface area contributed by atoms with Crippen LogP contribution in [0.2, 0.25) is 0 Å². The van der Waals surface area contributed by atoms with Crippen LogP contribution in [-0.4, -0.2) is 34.2 Å². The number of hydrogen-bond donors (Lipinski definition) is 2. The quantitative estimate of drug-likeness (QED) is 0.869. The molecule has 0 saturated carbocycles. The van der Waals surface area contributed by atoms with E-state index in [-0.39, 0.29) is 6.61 Å². The van der Waals surface area contributed by atoms with Gasteiger partial charge in [-0.3, -0.25) is 4.90 Å². The Morgan fingerprint density at radius 3 is 3.06 bits per heavy atom. The molecule has 2 aromatic rings. The molecule has 1 unspecified atom stereocenters. The van der Waals surface area contributed by atoms with E-state index in [0.29, 0.717) is 6.04 Å². The number of H-pyrrole nitrogens is 1. The molecule has 0 amide bonds. The summed E-state index contributed by atoms with van der Waals surface area (Å²) in [7, 11) is 0. The number of nitrogens with one attached hydrogen (secondary N) is 1. The Bertz CT molecular complexity index is 546. The summed E-state index contributed by atoms with van der Waals surface area (Å²) in [6.45, 7) is 4.52. The fourth-order valence-electron chi connectivity index (χ4n) is 2.98. The maximum absolute atomic E-state index is 8.96. The number of rotatable bonds is 3. The van der Waals surface area contributed by atoms with Gasteiger partial charge in [-0.15, -0.1) is 0 Å².